The molecule has 1 fully saturated rings. The van der Waals surface area contributed by atoms with Gasteiger partial charge in [0.25, 0.3) is 0 Å². The third-order valence-corrected chi connectivity index (χ3v) is 5.91. The third-order valence-electron chi connectivity index (χ3n) is 4.99. The molecule has 0 aliphatic carbocycles. The SMILES string of the molecule is CC(NC(=O)CSc1nnc(N2CCOCC2)n1-c1cccc(F)c1)c1ccccc1. The van der Waals surface area contributed by atoms with E-state index in [0.717, 1.165) is 5.56 Å². The smallest absolute Gasteiger partial charge is 0.232 e. The van der Waals surface area contributed by atoms with Crippen LogP contribution in [0.1, 0.15) is 18.5 Å². The van der Waals surface area contributed by atoms with E-state index >= 15 is 0 Å². The van der Waals surface area contributed by atoms with E-state index < -0.39 is 0 Å². The summed E-state index contributed by atoms with van der Waals surface area (Å²) >= 11 is 1.27. The zero-order valence-electron chi connectivity index (χ0n) is 17.2. The van der Waals surface area contributed by atoms with Gasteiger partial charge in [-0.05, 0) is 30.7 Å². The van der Waals surface area contributed by atoms with Crippen LogP contribution in [0.4, 0.5) is 10.3 Å². The van der Waals surface area contributed by atoms with Crippen molar-refractivity contribution in [2.75, 3.05) is 37.0 Å². The predicted octanol–water partition coefficient (Wildman–Crippen LogP) is 3.21. The quantitative estimate of drug-likeness (QED) is 0.568. The molecule has 7 nitrogen and oxygen atoms in total. The third kappa shape index (κ3) is 5.23. The molecule has 9 heteroatoms. The monoisotopic (exact) mass is 441 g/mol. The zero-order chi connectivity index (χ0) is 21.6. The van der Waals surface area contributed by atoms with E-state index in [1.165, 1.54) is 23.9 Å². The van der Waals surface area contributed by atoms with E-state index in [-0.39, 0.29) is 23.5 Å². The second kappa shape index (κ2) is 9.93. The number of anilines is 1. The number of aromatic nitrogens is 3. The minimum Gasteiger partial charge on any atom is -0.378 e. The van der Waals surface area contributed by atoms with Crippen molar-refractivity contribution >= 4 is 23.6 Å². The van der Waals surface area contributed by atoms with Gasteiger partial charge in [0.2, 0.25) is 11.9 Å². The molecule has 0 spiro atoms. The highest BCUT2D eigenvalue weighted by Gasteiger charge is 2.22. The molecule has 162 valence electrons. The Balaban J connectivity index is 1.51. The van der Waals surface area contributed by atoms with Crippen LogP contribution in [0.3, 0.4) is 0 Å². The van der Waals surface area contributed by atoms with Gasteiger partial charge in [-0.3, -0.25) is 9.36 Å². The van der Waals surface area contributed by atoms with Crippen LogP contribution in [0.2, 0.25) is 0 Å². The summed E-state index contributed by atoms with van der Waals surface area (Å²) in [6.07, 6.45) is 0. The average Bonchev–Trinajstić information content (AvgIpc) is 3.23. The first-order valence-electron chi connectivity index (χ1n) is 10.1. The van der Waals surface area contributed by atoms with Gasteiger partial charge in [-0.25, -0.2) is 4.39 Å². The van der Waals surface area contributed by atoms with Gasteiger partial charge < -0.3 is 15.0 Å². The van der Waals surface area contributed by atoms with Gasteiger partial charge >= 0.3 is 0 Å². The first-order chi connectivity index (χ1) is 15.1. The van der Waals surface area contributed by atoms with Crippen molar-refractivity contribution in [2.45, 2.75) is 18.1 Å². The molecule has 1 N–H and O–H groups in total. The summed E-state index contributed by atoms with van der Waals surface area (Å²) in [6, 6.07) is 16.0. The molecule has 1 aromatic heterocycles. The van der Waals surface area contributed by atoms with Crippen molar-refractivity contribution < 1.29 is 13.9 Å². The standard InChI is InChI=1S/C22H24FN5O2S/c1-16(17-6-3-2-4-7-17)24-20(29)15-31-22-26-25-21(27-10-12-30-13-11-27)28(22)19-9-5-8-18(23)14-19/h2-9,14,16H,10-13,15H2,1H3,(H,24,29). The number of morpholine rings is 1. The number of nitrogens with zero attached hydrogens (tertiary/aromatic N) is 4. The number of amides is 1. The van der Waals surface area contributed by atoms with Gasteiger partial charge in [-0.15, -0.1) is 10.2 Å². The number of carbonyl (C=O) groups is 1. The minimum absolute atomic E-state index is 0.0979. The second-order valence-corrected chi connectivity index (χ2v) is 8.13. The van der Waals surface area contributed by atoms with Gasteiger partial charge in [-0.2, -0.15) is 0 Å². The zero-order valence-corrected chi connectivity index (χ0v) is 18.0. The minimum atomic E-state index is -0.343. The fourth-order valence-electron chi connectivity index (χ4n) is 3.40. The van der Waals surface area contributed by atoms with Gasteiger partial charge in [0.15, 0.2) is 5.16 Å². The lowest BCUT2D eigenvalue weighted by Gasteiger charge is -2.27. The molecule has 4 rings (SSSR count). The number of hydrogen-bond donors (Lipinski definition) is 1. The molecular formula is C22H24FN5O2S. The van der Waals surface area contributed by atoms with Crippen LogP contribution >= 0.6 is 11.8 Å². The Kier molecular flexibility index (Phi) is 6.83. The topological polar surface area (TPSA) is 72.3 Å². The molecule has 1 unspecified atom stereocenters. The highest BCUT2D eigenvalue weighted by Crippen LogP contribution is 2.27. The van der Waals surface area contributed by atoms with Crippen molar-refractivity contribution in [2.24, 2.45) is 0 Å². The van der Waals surface area contributed by atoms with Crippen molar-refractivity contribution in [1.29, 1.82) is 0 Å². The average molecular weight is 442 g/mol. The van der Waals surface area contributed by atoms with Crippen LogP contribution in [0.5, 0.6) is 0 Å². The summed E-state index contributed by atoms with van der Waals surface area (Å²) < 4.78 is 21.2. The van der Waals surface area contributed by atoms with Crippen LogP contribution < -0.4 is 10.2 Å². The number of hydrogen-bond acceptors (Lipinski definition) is 6. The normalized spacial score (nSPS) is 15.0. The molecule has 0 saturated carbocycles. The number of carbonyl (C=O) groups excluding carboxylic acids is 1. The van der Waals surface area contributed by atoms with Gasteiger partial charge in [0, 0.05) is 13.1 Å². The fourth-order valence-corrected chi connectivity index (χ4v) is 4.16. The lowest BCUT2D eigenvalue weighted by molar-refractivity contribution is -0.119. The van der Waals surface area contributed by atoms with E-state index in [1.54, 1.807) is 16.7 Å². The first-order valence-corrected chi connectivity index (χ1v) is 11.1. The lowest BCUT2D eigenvalue weighted by Crippen LogP contribution is -2.37. The maximum Gasteiger partial charge on any atom is 0.232 e. The molecule has 2 heterocycles. The van der Waals surface area contributed by atoms with E-state index in [4.69, 9.17) is 4.74 Å². The summed E-state index contributed by atoms with van der Waals surface area (Å²) in [5.74, 6) is 0.343. The lowest BCUT2D eigenvalue weighted by atomic mass is 10.1. The van der Waals surface area contributed by atoms with Crippen LogP contribution in [0, 0.1) is 5.82 Å². The van der Waals surface area contributed by atoms with Crippen molar-refractivity contribution in [1.82, 2.24) is 20.1 Å². The van der Waals surface area contributed by atoms with E-state index in [2.05, 4.69) is 20.4 Å². The molecule has 1 atom stereocenters. The van der Waals surface area contributed by atoms with Crippen LogP contribution in [-0.4, -0.2) is 52.7 Å². The fraction of sp³-hybridized carbons (Fsp3) is 0.318. The number of ether oxygens (including phenoxy) is 1. The Labute approximate surface area is 184 Å². The molecule has 2 aromatic carbocycles. The molecule has 0 bridgehead atoms. The van der Waals surface area contributed by atoms with Crippen LogP contribution in [-0.2, 0) is 9.53 Å². The predicted molar refractivity (Wildman–Crippen MR) is 118 cm³/mol. The Bertz CT molecular complexity index is 1020. The van der Waals surface area contributed by atoms with E-state index in [0.29, 0.717) is 43.1 Å². The molecule has 3 aromatic rings. The highest BCUT2D eigenvalue weighted by molar-refractivity contribution is 7.99. The number of halogens is 1. The molecular weight excluding hydrogens is 417 g/mol. The molecule has 1 aliphatic rings. The maximum absolute atomic E-state index is 13.9. The maximum atomic E-state index is 13.9. The molecule has 31 heavy (non-hydrogen) atoms. The first kappa shape index (κ1) is 21.3. The van der Waals surface area contributed by atoms with Crippen molar-refractivity contribution in [3.05, 3.63) is 66.0 Å². The summed E-state index contributed by atoms with van der Waals surface area (Å²) in [7, 11) is 0. The number of nitrogens with one attached hydrogen (secondary N) is 1. The highest BCUT2D eigenvalue weighted by atomic mass is 32.2. The van der Waals surface area contributed by atoms with E-state index in [1.807, 2.05) is 37.3 Å². The summed E-state index contributed by atoms with van der Waals surface area (Å²) in [5.41, 5.74) is 1.66. The van der Waals surface area contributed by atoms with Crippen LogP contribution in [0.15, 0.2) is 59.8 Å². The van der Waals surface area contributed by atoms with Gasteiger partial charge in [-0.1, -0.05) is 48.2 Å². The summed E-state index contributed by atoms with van der Waals surface area (Å²) in [4.78, 5) is 14.6. The Morgan fingerprint density at radius 3 is 2.68 bits per heavy atom. The molecule has 1 amide bonds. The van der Waals surface area contributed by atoms with E-state index in [9.17, 15) is 9.18 Å². The van der Waals surface area contributed by atoms with Crippen LogP contribution in [0.25, 0.3) is 5.69 Å². The van der Waals surface area contributed by atoms with Gasteiger partial charge in [0.05, 0.1) is 30.7 Å². The molecule has 1 saturated heterocycles. The Morgan fingerprint density at radius 1 is 1.16 bits per heavy atom. The second-order valence-electron chi connectivity index (χ2n) is 7.19. The Morgan fingerprint density at radius 2 is 1.94 bits per heavy atom. The summed E-state index contributed by atoms with van der Waals surface area (Å²) in [6.45, 7) is 4.49. The Hall–Kier alpha value is -2.91. The number of benzene rings is 2. The molecule has 0 radical (unpaired) electrons. The van der Waals surface area contributed by atoms with Crippen molar-refractivity contribution in [3.63, 3.8) is 0 Å². The largest absolute Gasteiger partial charge is 0.378 e. The van der Waals surface area contributed by atoms with Crippen molar-refractivity contribution in [3.8, 4) is 5.69 Å². The number of rotatable bonds is 7. The summed E-state index contributed by atoms with van der Waals surface area (Å²) in [5, 5.41) is 12.2. The van der Waals surface area contributed by atoms with Gasteiger partial charge in [0.1, 0.15) is 5.82 Å². The molecule has 1 aliphatic heterocycles. The number of thioether (sulfide) groups is 1.